The Morgan fingerprint density at radius 1 is 1.60 bits per heavy atom. The topological polar surface area (TPSA) is 71.5 Å². The molecule has 0 spiro atoms. The first-order chi connectivity index (χ1) is 9.24. The number of hydrogen-bond donors (Lipinski definition) is 2. The molecule has 2 N–H and O–H groups in total. The maximum atomic E-state index is 12.4. The van der Waals surface area contributed by atoms with Crippen molar-refractivity contribution in [2.45, 2.75) is 18.7 Å². The molecule has 1 atom stereocenters. The molecule has 0 radical (unpaired) electrons. The van der Waals surface area contributed by atoms with E-state index in [1.807, 2.05) is 0 Å². The zero-order valence-electron chi connectivity index (χ0n) is 10.4. The van der Waals surface area contributed by atoms with Gasteiger partial charge in [-0.25, -0.2) is 4.98 Å². The number of carboxylic acid groups (broad SMARTS) is 1. The molecule has 1 aromatic rings. The van der Waals surface area contributed by atoms with E-state index >= 15 is 0 Å². The van der Waals surface area contributed by atoms with Crippen molar-refractivity contribution in [3.63, 3.8) is 0 Å². The highest BCUT2D eigenvalue weighted by Crippen LogP contribution is 2.32. The van der Waals surface area contributed by atoms with Gasteiger partial charge in [0.1, 0.15) is 5.82 Å². The van der Waals surface area contributed by atoms with E-state index in [2.05, 4.69) is 10.3 Å². The number of aromatic nitrogens is 1. The van der Waals surface area contributed by atoms with Crippen molar-refractivity contribution in [1.82, 2.24) is 4.98 Å². The summed E-state index contributed by atoms with van der Waals surface area (Å²) in [5.41, 5.74) is -0.957. The number of alkyl halides is 3. The molecule has 0 saturated heterocycles. The molecule has 9 heteroatoms. The third-order valence-corrected chi connectivity index (χ3v) is 2.69. The number of anilines is 1. The smallest absolute Gasteiger partial charge is 0.417 e. The van der Waals surface area contributed by atoms with Gasteiger partial charge in [0.25, 0.3) is 0 Å². The number of pyridine rings is 1. The molecular formula is C11H12ClF3N2O3. The number of carboxylic acids is 1. The molecule has 1 heterocycles. The van der Waals surface area contributed by atoms with Gasteiger partial charge < -0.3 is 15.2 Å². The number of hydrogen-bond acceptors (Lipinski definition) is 4. The van der Waals surface area contributed by atoms with Crippen LogP contribution in [0.25, 0.3) is 0 Å². The summed E-state index contributed by atoms with van der Waals surface area (Å²) in [4.78, 5) is 14.1. The normalized spacial score (nSPS) is 13.1. The summed E-state index contributed by atoms with van der Waals surface area (Å²) in [5, 5.41) is 11.1. The van der Waals surface area contributed by atoms with Crippen molar-refractivity contribution < 1.29 is 27.8 Å². The van der Waals surface area contributed by atoms with E-state index in [1.54, 1.807) is 0 Å². The quantitative estimate of drug-likeness (QED) is 0.845. The predicted octanol–water partition coefficient (Wildman–Crippen LogP) is 2.66. The van der Waals surface area contributed by atoms with E-state index in [0.717, 1.165) is 6.07 Å². The van der Waals surface area contributed by atoms with Crippen LogP contribution in [-0.2, 0) is 15.7 Å². The second kappa shape index (κ2) is 6.76. The Morgan fingerprint density at radius 3 is 2.70 bits per heavy atom. The van der Waals surface area contributed by atoms with Crippen molar-refractivity contribution in [3.8, 4) is 0 Å². The van der Waals surface area contributed by atoms with Crippen LogP contribution in [-0.4, -0.2) is 35.8 Å². The first kappa shape index (κ1) is 16.5. The van der Waals surface area contributed by atoms with Gasteiger partial charge >= 0.3 is 12.1 Å². The van der Waals surface area contributed by atoms with Crippen molar-refractivity contribution in [3.05, 3.63) is 22.8 Å². The van der Waals surface area contributed by atoms with Crippen LogP contribution < -0.4 is 5.32 Å². The summed E-state index contributed by atoms with van der Waals surface area (Å²) < 4.78 is 42.1. The Balaban J connectivity index is 2.71. The third kappa shape index (κ3) is 4.86. The first-order valence-electron chi connectivity index (χ1n) is 5.45. The fourth-order valence-electron chi connectivity index (χ4n) is 1.37. The molecule has 0 aliphatic heterocycles. The highest BCUT2D eigenvalue weighted by atomic mass is 35.5. The van der Waals surface area contributed by atoms with Crippen LogP contribution in [0, 0.1) is 0 Å². The molecule has 0 aliphatic rings. The Labute approximate surface area is 117 Å². The highest BCUT2D eigenvalue weighted by Gasteiger charge is 2.31. The number of carbonyl (C=O) groups is 1. The van der Waals surface area contributed by atoms with Gasteiger partial charge in [-0.05, 0) is 6.07 Å². The lowest BCUT2D eigenvalue weighted by Crippen LogP contribution is -2.25. The summed E-state index contributed by atoms with van der Waals surface area (Å²) in [5.74, 6) is -1.02. The first-order valence-corrected chi connectivity index (χ1v) is 5.83. The van der Waals surface area contributed by atoms with Crippen LogP contribution in [0.2, 0.25) is 5.02 Å². The number of aliphatic carboxylic acids is 1. The zero-order chi connectivity index (χ0) is 15.3. The minimum absolute atomic E-state index is 0.0344. The van der Waals surface area contributed by atoms with Crippen LogP contribution >= 0.6 is 11.6 Å². The van der Waals surface area contributed by atoms with Gasteiger partial charge in [0.15, 0.2) is 0 Å². The van der Waals surface area contributed by atoms with Gasteiger partial charge in [-0.1, -0.05) is 11.6 Å². The van der Waals surface area contributed by atoms with Crippen molar-refractivity contribution in [2.75, 3.05) is 19.0 Å². The van der Waals surface area contributed by atoms with Crippen LogP contribution in [0.15, 0.2) is 12.3 Å². The molecule has 0 bridgehead atoms. The maximum absolute atomic E-state index is 12.4. The van der Waals surface area contributed by atoms with E-state index in [0.29, 0.717) is 6.20 Å². The summed E-state index contributed by atoms with van der Waals surface area (Å²) in [6, 6.07) is 0.746. The molecular weight excluding hydrogens is 301 g/mol. The molecule has 0 amide bonds. The van der Waals surface area contributed by atoms with Crippen molar-refractivity contribution in [1.29, 1.82) is 0 Å². The number of nitrogens with zero attached hydrogens (tertiary/aromatic N) is 1. The second-order valence-electron chi connectivity index (χ2n) is 3.89. The lowest BCUT2D eigenvalue weighted by molar-refractivity contribution is -0.139. The Bertz CT molecular complexity index is 482. The summed E-state index contributed by atoms with van der Waals surface area (Å²) in [6.07, 6.45) is -4.77. The van der Waals surface area contributed by atoms with Crippen LogP contribution in [0.1, 0.15) is 12.0 Å². The average molecular weight is 313 g/mol. The molecule has 5 nitrogen and oxygen atoms in total. The third-order valence-electron chi connectivity index (χ3n) is 2.40. The molecule has 0 aliphatic carbocycles. The van der Waals surface area contributed by atoms with Crippen LogP contribution in [0.5, 0.6) is 0 Å². The van der Waals surface area contributed by atoms with Gasteiger partial charge in [-0.15, -0.1) is 0 Å². The fourth-order valence-corrected chi connectivity index (χ4v) is 1.60. The van der Waals surface area contributed by atoms with E-state index in [4.69, 9.17) is 21.4 Å². The lowest BCUT2D eigenvalue weighted by Gasteiger charge is -2.15. The standard InChI is InChI=1S/C11H12ClF3N2O3/c1-20-7(3-9(18)19)5-17-10-8(12)2-6(4-16-10)11(13,14)15/h2,4,7H,3,5H2,1H3,(H,16,17)(H,18,19). The molecule has 0 saturated carbocycles. The summed E-state index contributed by atoms with van der Waals surface area (Å²) in [6.45, 7) is 0.0564. The average Bonchev–Trinajstić information content (AvgIpc) is 2.33. The molecule has 1 unspecified atom stereocenters. The monoisotopic (exact) mass is 312 g/mol. The molecule has 0 fully saturated rings. The fraction of sp³-hybridized carbons (Fsp3) is 0.455. The minimum atomic E-state index is -4.52. The Morgan fingerprint density at radius 2 is 2.25 bits per heavy atom. The second-order valence-corrected chi connectivity index (χ2v) is 4.30. The maximum Gasteiger partial charge on any atom is 0.417 e. The van der Waals surface area contributed by atoms with E-state index < -0.39 is 23.8 Å². The number of rotatable bonds is 6. The van der Waals surface area contributed by atoms with E-state index in [-0.39, 0.29) is 23.8 Å². The highest BCUT2D eigenvalue weighted by molar-refractivity contribution is 6.32. The predicted molar refractivity (Wildman–Crippen MR) is 65.8 cm³/mol. The van der Waals surface area contributed by atoms with Gasteiger partial charge in [0, 0.05) is 19.9 Å². The van der Waals surface area contributed by atoms with Gasteiger partial charge in [0.05, 0.1) is 23.1 Å². The van der Waals surface area contributed by atoms with Gasteiger partial charge in [-0.2, -0.15) is 13.2 Å². The van der Waals surface area contributed by atoms with Gasteiger partial charge in [-0.3, -0.25) is 4.79 Å². The van der Waals surface area contributed by atoms with Crippen LogP contribution in [0.3, 0.4) is 0 Å². The zero-order valence-corrected chi connectivity index (χ0v) is 11.1. The molecule has 1 aromatic heterocycles. The number of ether oxygens (including phenoxy) is 1. The van der Waals surface area contributed by atoms with Crippen molar-refractivity contribution >= 4 is 23.4 Å². The Hall–Kier alpha value is -1.54. The molecule has 0 aromatic carbocycles. The van der Waals surface area contributed by atoms with Crippen LogP contribution in [0.4, 0.5) is 19.0 Å². The molecule has 1 rings (SSSR count). The number of methoxy groups -OCH3 is 1. The SMILES string of the molecule is COC(CNc1ncc(C(F)(F)F)cc1Cl)CC(=O)O. The summed E-state index contributed by atoms with van der Waals surface area (Å²) >= 11 is 5.69. The largest absolute Gasteiger partial charge is 0.481 e. The van der Waals surface area contributed by atoms with E-state index in [9.17, 15) is 18.0 Å². The number of halogens is 4. The van der Waals surface area contributed by atoms with Crippen molar-refractivity contribution in [2.24, 2.45) is 0 Å². The van der Waals surface area contributed by atoms with E-state index in [1.165, 1.54) is 7.11 Å². The number of nitrogens with one attached hydrogen (secondary N) is 1. The minimum Gasteiger partial charge on any atom is -0.481 e. The summed E-state index contributed by atoms with van der Waals surface area (Å²) in [7, 11) is 1.33. The van der Waals surface area contributed by atoms with Gasteiger partial charge in [0.2, 0.25) is 0 Å². The molecule has 20 heavy (non-hydrogen) atoms. The lowest BCUT2D eigenvalue weighted by atomic mass is 10.2. The molecule has 112 valence electrons. The Kier molecular flexibility index (Phi) is 5.58.